The fraction of sp³-hybridized carbons (Fsp3) is 0.435. The molecule has 1 saturated heterocycles. The first-order chi connectivity index (χ1) is 16.8. The Balaban J connectivity index is 1.43. The average Bonchev–Trinajstić information content (AvgIpc) is 3.30. The maximum absolute atomic E-state index is 13.3. The van der Waals surface area contributed by atoms with Crippen molar-refractivity contribution in [1.29, 1.82) is 5.26 Å². The number of benzene rings is 1. The Morgan fingerprint density at radius 1 is 1.17 bits per heavy atom. The Bertz CT molecular complexity index is 1210. The van der Waals surface area contributed by atoms with Gasteiger partial charge in [0.25, 0.3) is 5.82 Å². The van der Waals surface area contributed by atoms with Gasteiger partial charge < -0.3 is 14.5 Å². The van der Waals surface area contributed by atoms with Gasteiger partial charge in [0.15, 0.2) is 5.65 Å². The van der Waals surface area contributed by atoms with E-state index in [0.29, 0.717) is 61.5 Å². The second-order valence-corrected chi connectivity index (χ2v) is 8.31. The molecule has 35 heavy (non-hydrogen) atoms. The molecule has 12 heteroatoms. The molecule has 1 aliphatic rings. The summed E-state index contributed by atoms with van der Waals surface area (Å²) in [7, 11) is 1.58. The summed E-state index contributed by atoms with van der Waals surface area (Å²) in [6.07, 6.45) is -3.57. The standard InChI is InChI=1S/C23H24F3N7O2/c1-35-13-12-32(15-17-4-2-16(14-27)3-5-17)21(34)18-8-10-31(11-9-18)20-7-6-19-28-29-22(23(24,25)26)33(19)30-20/h2-7,18H,8-13,15H2,1H3. The summed E-state index contributed by atoms with van der Waals surface area (Å²) in [5.74, 6) is -1.00. The van der Waals surface area contributed by atoms with Crippen LogP contribution in [0.25, 0.3) is 5.65 Å². The number of hydrogen-bond donors (Lipinski definition) is 0. The minimum atomic E-state index is -4.66. The Morgan fingerprint density at radius 3 is 2.51 bits per heavy atom. The van der Waals surface area contributed by atoms with Gasteiger partial charge in [-0.3, -0.25) is 4.79 Å². The van der Waals surface area contributed by atoms with Crippen LogP contribution in [0.1, 0.15) is 29.8 Å². The normalized spacial score (nSPS) is 14.8. The number of nitriles is 1. The van der Waals surface area contributed by atoms with E-state index < -0.39 is 12.0 Å². The molecule has 2 aromatic heterocycles. The van der Waals surface area contributed by atoms with E-state index in [1.807, 2.05) is 17.0 Å². The number of carbonyl (C=O) groups is 1. The van der Waals surface area contributed by atoms with Crippen LogP contribution in [0.15, 0.2) is 36.4 Å². The highest BCUT2D eigenvalue weighted by molar-refractivity contribution is 5.79. The largest absolute Gasteiger partial charge is 0.453 e. The van der Waals surface area contributed by atoms with Crippen LogP contribution in [-0.2, 0) is 22.3 Å². The third-order valence-corrected chi connectivity index (χ3v) is 6.00. The number of ether oxygens (including phenoxy) is 1. The molecule has 9 nitrogen and oxygen atoms in total. The van der Waals surface area contributed by atoms with Crippen molar-refractivity contribution >= 4 is 17.4 Å². The number of anilines is 1. The number of fused-ring (bicyclic) bond motifs is 1. The van der Waals surface area contributed by atoms with Crippen molar-refractivity contribution in [2.45, 2.75) is 25.6 Å². The number of halogens is 3. The SMILES string of the molecule is COCCN(Cc1ccc(C#N)cc1)C(=O)C1CCN(c2ccc3nnc(C(F)(F)F)n3n2)CC1. The first-order valence-electron chi connectivity index (χ1n) is 11.1. The van der Waals surface area contributed by atoms with Gasteiger partial charge in [0, 0.05) is 39.2 Å². The van der Waals surface area contributed by atoms with Crippen LogP contribution in [0.2, 0.25) is 0 Å². The zero-order valence-electron chi connectivity index (χ0n) is 19.1. The highest BCUT2D eigenvalue weighted by atomic mass is 19.4. The van der Waals surface area contributed by atoms with Crippen LogP contribution in [-0.4, -0.2) is 64.0 Å². The molecule has 0 atom stereocenters. The molecule has 1 amide bonds. The molecular weight excluding hydrogens is 463 g/mol. The fourth-order valence-corrected chi connectivity index (χ4v) is 4.11. The summed E-state index contributed by atoms with van der Waals surface area (Å²) in [6.45, 7) is 2.19. The Hall–Kier alpha value is -3.72. The molecule has 0 unspecified atom stereocenters. The predicted octanol–water partition coefficient (Wildman–Crippen LogP) is 2.91. The van der Waals surface area contributed by atoms with E-state index in [0.717, 1.165) is 5.56 Å². The van der Waals surface area contributed by atoms with Crippen LogP contribution in [0.4, 0.5) is 19.0 Å². The molecule has 0 N–H and O–H groups in total. The van der Waals surface area contributed by atoms with Gasteiger partial charge in [0.05, 0.1) is 18.2 Å². The zero-order chi connectivity index (χ0) is 25.0. The lowest BCUT2D eigenvalue weighted by atomic mass is 9.95. The van der Waals surface area contributed by atoms with E-state index in [2.05, 4.69) is 21.4 Å². The lowest BCUT2D eigenvalue weighted by Gasteiger charge is -2.34. The number of nitrogens with zero attached hydrogens (tertiary/aromatic N) is 7. The Morgan fingerprint density at radius 2 is 1.89 bits per heavy atom. The topological polar surface area (TPSA) is 99.7 Å². The lowest BCUT2D eigenvalue weighted by Crippen LogP contribution is -2.43. The number of carbonyl (C=O) groups excluding carboxylic acids is 1. The smallest absolute Gasteiger partial charge is 0.383 e. The second-order valence-electron chi connectivity index (χ2n) is 8.31. The molecular formula is C23H24F3N7O2. The second kappa shape index (κ2) is 10.3. The molecule has 4 rings (SSSR count). The summed E-state index contributed by atoms with van der Waals surface area (Å²) in [4.78, 5) is 16.9. The molecule has 3 aromatic rings. The van der Waals surface area contributed by atoms with Crippen molar-refractivity contribution in [2.24, 2.45) is 5.92 Å². The van der Waals surface area contributed by atoms with Crippen LogP contribution < -0.4 is 4.90 Å². The summed E-state index contributed by atoms with van der Waals surface area (Å²) >= 11 is 0. The van der Waals surface area contributed by atoms with Gasteiger partial charge in [0.2, 0.25) is 5.91 Å². The van der Waals surface area contributed by atoms with Crippen molar-refractivity contribution in [3.05, 3.63) is 53.3 Å². The lowest BCUT2D eigenvalue weighted by molar-refractivity contribution is -0.146. The van der Waals surface area contributed by atoms with E-state index in [9.17, 15) is 18.0 Å². The molecule has 1 aromatic carbocycles. The van der Waals surface area contributed by atoms with Crippen LogP contribution >= 0.6 is 0 Å². The Kier molecular flexibility index (Phi) is 7.16. The molecule has 0 saturated carbocycles. The maximum Gasteiger partial charge on any atom is 0.453 e. The predicted molar refractivity (Wildman–Crippen MR) is 119 cm³/mol. The van der Waals surface area contributed by atoms with Crippen LogP contribution in [0, 0.1) is 17.2 Å². The van der Waals surface area contributed by atoms with Gasteiger partial charge in [-0.05, 0) is 42.7 Å². The number of amides is 1. The first kappa shape index (κ1) is 24.4. The molecule has 1 fully saturated rings. The minimum absolute atomic E-state index is 0.00707. The number of aromatic nitrogens is 4. The monoisotopic (exact) mass is 487 g/mol. The highest BCUT2D eigenvalue weighted by Gasteiger charge is 2.38. The number of alkyl halides is 3. The van der Waals surface area contributed by atoms with Gasteiger partial charge >= 0.3 is 6.18 Å². The van der Waals surface area contributed by atoms with Crippen molar-refractivity contribution in [1.82, 2.24) is 24.7 Å². The van der Waals surface area contributed by atoms with Gasteiger partial charge in [-0.25, -0.2) is 0 Å². The summed E-state index contributed by atoms with van der Waals surface area (Å²) in [5.41, 5.74) is 1.48. The summed E-state index contributed by atoms with van der Waals surface area (Å²) in [5, 5.41) is 19.8. The Labute approximate surface area is 199 Å². The van der Waals surface area contributed by atoms with Crippen molar-refractivity contribution in [3.63, 3.8) is 0 Å². The fourth-order valence-electron chi connectivity index (χ4n) is 4.11. The molecule has 184 valence electrons. The third kappa shape index (κ3) is 5.51. The van der Waals surface area contributed by atoms with E-state index in [1.165, 1.54) is 6.07 Å². The molecule has 1 aliphatic heterocycles. The summed E-state index contributed by atoms with van der Waals surface area (Å²) in [6, 6.07) is 12.2. The summed E-state index contributed by atoms with van der Waals surface area (Å²) < 4.78 is 45.4. The number of methoxy groups -OCH3 is 1. The highest BCUT2D eigenvalue weighted by Crippen LogP contribution is 2.29. The van der Waals surface area contributed by atoms with Crippen LogP contribution in [0.5, 0.6) is 0 Å². The van der Waals surface area contributed by atoms with E-state index in [4.69, 9.17) is 10.00 Å². The van der Waals surface area contributed by atoms with Crippen molar-refractivity contribution in [2.75, 3.05) is 38.3 Å². The van der Waals surface area contributed by atoms with Crippen molar-refractivity contribution in [3.8, 4) is 6.07 Å². The van der Waals surface area contributed by atoms with Crippen molar-refractivity contribution < 1.29 is 22.7 Å². The maximum atomic E-state index is 13.3. The van der Waals surface area contributed by atoms with E-state index in [1.54, 1.807) is 30.2 Å². The number of hydrogen-bond acceptors (Lipinski definition) is 7. The van der Waals surface area contributed by atoms with Gasteiger partial charge in [-0.2, -0.15) is 22.9 Å². The average molecular weight is 487 g/mol. The molecule has 0 aliphatic carbocycles. The zero-order valence-corrected chi connectivity index (χ0v) is 19.1. The van der Waals surface area contributed by atoms with Crippen LogP contribution in [0.3, 0.4) is 0 Å². The first-order valence-corrected chi connectivity index (χ1v) is 11.1. The van der Waals surface area contributed by atoms with E-state index >= 15 is 0 Å². The molecule has 0 bridgehead atoms. The van der Waals surface area contributed by atoms with Gasteiger partial charge in [-0.15, -0.1) is 15.3 Å². The molecule has 3 heterocycles. The minimum Gasteiger partial charge on any atom is -0.383 e. The number of piperidine rings is 1. The van der Waals surface area contributed by atoms with E-state index in [-0.39, 0.29) is 17.5 Å². The molecule has 0 radical (unpaired) electrons. The quantitative estimate of drug-likeness (QED) is 0.505. The van der Waals surface area contributed by atoms with Gasteiger partial charge in [-0.1, -0.05) is 12.1 Å². The third-order valence-electron chi connectivity index (χ3n) is 6.00. The molecule has 0 spiro atoms. The number of rotatable bonds is 7. The van der Waals surface area contributed by atoms with Gasteiger partial charge in [0.1, 0.15) is 5.82 Å².